The fraction of sp³-hybridized carbons (Fsp3) is 0.889. The topological polar surface area (TPSA) is 41.6 Å². The van der Waals surface area contributed by atoms with Crippen LogP contribution in [-0.4, -0.2) is 43.5 Å². The van der Waals surface area contributed by atoms with Crippen molar-refractivity contribution < 1.29 is 23.2 Å². The van der Waals surface area contributed by atoms with E-state index in [1.165, 1.54) is 26.1 Å². The van der Waals surface area contributed by atoms with Crippen molar-refractivity contribution in [3.05, 3.63) is 0 Å². The lowest BCUT2D eigenvalue weighted by atomic mass is 10.2. The molecule has 0 atom stereocenters. The van der Waals surface area contributed by atoms with E-state index in [1.807, 2.05) is 0 Å². The summed E-state index contributed by atoms with van der Waals surface area (Å²) in [6.07, 6.45) is -1.36. The Morgan fingerprint density at radius 2 is 2.23 bits per heavy atom. The Morgan fingerprint density at radius 3 is 2.69 bits per heavy atom. The third-order valence-electron chi connectivity index (χ3n) is 0.731. The number of likely N-dealkylation sites (N-methyl/N-ethyl adjacent to an activating group) is 1. The molecule has 0 aliphatic carbocycles. The van der Waals surface area contributed by atoms with Gasteiger partial charge in [0.25, 0.3) is 0 Å². The molecule has 0 aromatic rings. The third-order valence-corrected chi connectivity index (χ3v) is 0.731. The molecule has 0 bridgehead atoms. The van der Waals surface area contributed by atoms with Gasteiger partial charge in [-0.25, -0.2) is 4.79 Å². The summed E-state index contributed by atoms with van der Waals surface area (Å²) in [5.74, 6) is 0. The lowest BCUT2D eigenvalue weighted by Gasteiger charge is -2.20. The fourth-order valence-corrected chi connectivity index (χ4v) is 0.438. The Kier molecular flexibility index (Phi) is 1.33. The molecule has 0 unspecified atom stereocenters. The first-order valence-corrected chi connectivity index (χ1v) is 3.53. The van der Waals surface area contributed by atoms with Gasteiger partial charge in [0, 0.05) is 24.0 Å². The van der Waals surface area contributed by atoms with Gasteiger partial charge in [-0.05, 0) is 34.7 Å². The number of amides is 1. The minimum absolute atomic E-state index is 0.579. The predicted molar refractivity (Wildman–Crippen MR) is 52.8 cm³/mol. The highest BCUT2D eigenvalue weighted by Crippen LogP contribution is 2.05. The molecule has 0 spiro atoms. The predicted octanol–water partition coefficient (Wildman–Crippen LogP) is 1.07. The minimum Gasteiger partial charge on any atom is -0.444 e. The van der Waals surface area contributed by atoms with Crippen LogP contribution in [0.4, 0.5) is 4.79 Å². The number of ether oxygens (including phenoxy) is 1. The zero-order chi connectivity index (χ0) is 19.1. The normalized spacial score (nSPS) is 27.1. The number of alkyl carbamates (subject to hydrolysis) is 1. The molecule has 0 aromatic carbocycles. The van der Waals surface area contributed by atoms with Gasteiger partial charge in [0.15, 0.2) is 0 Å². The smallest absolute Gasteiger partial charge is 0.407 e. The largest absolute Gasteiger partial charge is 0.444 e. The van der Waals surface area contributed by atoms with Crippen LogP contribution < -0.4 is 5.32 Å². The summed E-state index contributed by atoms with van der Waals surface area (Å²) >= 11 is 0. The van der Waals surface area contributed by atoms with Crippen LogP contribution in [0.2, 0.25) is 0 Å². The van der Waals surface area contributed by atoms with Crippen molar-refractivity contribution in [1.82, 2.24) is 10.2 Å². The van der Waals surface area contributed by atoms with E-state index in [4.69, 9.17) is 18.4 Å². The molecule has 4 heteroatoms. The van der Waals surface area contributed by atoms with E-state index in [1.54, 1.807) is 0 Å². The Bertz CT molecular complexity index is 423. The highest BCUT2D eigenvalue weighted by molar-refractivity contribution is 5.67. The van der Waals surface area contributed by atoms with E-state index in [9.17, 15) is 4.79 Å². The van der Waals surface area contributed by atoms with Crippen molar-refractivity contribution in [2.24, 2.45) is 0 Å². The van der Waals surface area contributed by atoms with E-state index in [0.717, 1.165) is 0 Å². The molecule has 0 heterocycles. The number of carbonyl (C=O) groups excluding carboxylic acids is 1. The van der Waals surface area contributed by atoms with Gasteiger partial charge >= 0.3 is 6.09 Å². The summed E-state index contributed by atoms with van der Waals surface area (Å²) in [7, 11) is 0. The van der Waals surface area contributed by atoms with Crippen molar-refractivity contribution >= 4 is 6.09 Å². The second-order valence-corrected chi connectivity index (χ2v) is 3.20. The molecule has 1 amide bonds. The molecule has 0 radical (unpaired) electrons. The number of rotatable bonds is 3. The Morgan fingerprint density at radius 1 is 1.62 bits per heavy atom. The first-order chi connectivity index (χ1) is 9.72. The quantitative estimate of drug-likeness (QED) is 0.737. The first kappa shape index (κ1) is 3.42. The number of hydrogen-bond donors (Lipinski definition) is 1. The van der Waals surface area contributed by atoms with Gasteiger partial charge in [-0.15, -0.1) is 0 Å². The van der Waals surface area contributed by atoms with Crippen LogP contribution in [-0.2, 0) is 4.74 Å². The lowest BCUT2D eigenvalue weighted by Crippen LogP contribution is -2.36. The molecule has 0 fully saturated rings. The molecule has 78 valence electrons. The van der Waals surface area contributed by atoms with Crippen LogP contribution in [0.5, 0.6) is 0 Å². The number of nitrogens with one attached hydrogen (secondary N) is 1. The molecule has 13 heavy (non-hydrogen) atoms. The zero-order valence-electron chi connectivity index (χ0n) is 17.8. The van der Waals surface area contributed by atoms with Crippen LogP contribution in [0, 0.1) is 0 Å². The van der Waals surface area contributed by atoms with Gasteiger partial charge in [0.2, 0.25) is 0 Å². The van der Waals surface area contributed by atoms with Crippen LogP contribution in [0.15, 0.2) is 0 Å². The SMILES string of the molecule is [2H]C([2H])([2H])N(C([2H])([2H])[2H])C([2H])([2H])C([2H])([2H])NC(=O)OC(C)(C)C. The second kappa shape index (κ2) is 5.07. The third kappa shape index (κ3) is 9.14. The van der Waals surface area contributed by atoms with Crippen LogP contribution in [0.1, 0.15) is 34.5 Å². The Labute approximate surface area is 94.3 Å². The van der Waals surface area contributed by atoms with Crippen molar-refractivity contribution in [2.45, 2.75) is 26.4 Å². The number of hydrogen-bond acceptors (Lipinski definition) is 3. The van der Waals surface area contributed by atoms with E-state index in [-0.39, 0.29) is 0 Å². The van der Waals surface area contributed by atoms with Gasteiger partial charge in [-0.3, -0.25) is 0 Å². The van der Waals surface area contributed by atoms with Crippen molar-refractivity contribution in [2.75, 3.05) is 26.9 Å². The summed E-state index contributed by atoms with van der Waals surface area (Å²) in [6, 6.07) is 0. The van der Waals surface area contributed by atoms with Crippen molar-refractivity contribution in [1.29, 1.82) is 0 Å². The van der Waals surface area contributed by atoms with Crippen molar-refractivity contribution in [3.8, 4) is 0 Å². The van der Waals surface area contributed by atoms with E-state index in [2.05, 4.69) is 0 Å². The molecule has 0 saturated carbocycles. The van der Waals surface area contributed by atoms with Gasteiger partial charge in [-0.2, -0.15) is 0 Å². The zero-order valence-corrected chi connectivity index (χ0v) is 7.76. The van der Waals surface area contributed by atoms with E-state index in [0.29, 0.717) is 0 Å². The van der Waals surface area contributed by atoms with Crippen LogP contribution in [0.25, 0.3) is 0 Å². The number of nitrogens with zero attached hydrogens (tertiary/aromatic N) is 1. The molecular weight excluding hydrogens is 168 g/mol. The molecule has 0 aliphatic heterocycles. The van der Waals surface area contributed by atoms with Gasteiger partial charge in [-0.1, -0.05) is 0 Å². The lowest BCUT2D eigenvalue weighted by molar-refractivity contribution is 0.0525. The summed E-state index contributed by atoms with van der Waals surface area (Å²) in [5.41, 5.74) is -1.01. The minimum atomic E-state index is -3.58. The standard InChI is InChI=1S/C9H20N2O2/c1-9(2,3)13-8(12)10-6-7-11(4)5/h6-7H2,1-5H3,(H,10,12)/i4D3,5D3,6D2,7D2. The molecule has 0 rings (SSSR count). The summed E-state index contributed by atoms with van der Waals surface area (Å²) in [5, 5.41) is 1.53. The van der Waals surface area contributed by atoms with E-state index >= 15 is 0 Å². The molecule has 0 aliphatic rings. The average Bonchev–Trinajstić information content (AvgIpc) is 2.04. The Balaban J connectivity index is 5.63. The molecule has 0 aromatic heterocycles. The maximum absolute atomic E-state index is 11.6. The maximum atomic E-state index is 11.6. The molecule has 0 saturated heterocycles. The summed E-state index contributed by atoms with van der Waals surface area (Å²) < 4.78 is 78.2. The Hall–Kier alpha value is -0.770. The van der Waals surface area contributed by atoms with Gasteiger partial charge in [0.05, 0.1) is 2.74 Å². The second-order valence-electron chi connectivity index (χ2n) is 3.20. The average molecular weight is 198 g/mol. The molecule has 4 nitrogen and oxygen atoms in total. The number of carbonyl (C=O) groups is 1. The molecule has 1 N–H and O–H groups in total. The maximum Gasteiger partial charge on any atom is 0.407 e. The molecular formula is C9H20N2O2. The fourth-order valence-electron chi connectivity index (χ4n) is 0.438. The van der Waals surface area contributed by atoms with Gasteiger partial charge in [0.1, 0.15) is 5.60 Å². The highest BCUT2D eigenvalue weighted by atomic mass is 16.6. The summed E-state index contributed by atoms with van der Waals surface area (Å²) in [4.78, 5) is 11.0. The first-order valence-electron chi connectivity index (χ1n) is 8.53. The van der Waals surface area contributed by atoms with E-state index < -0.39 is 43.5 Å². The van der Waals surface area contributed by atoms with Crippen LogP contribution in [0.3, 0.4) is 0 Å². The van der Waals surface area contributed by atoms with Crippen molar-refractivity contribution in [3.63, 3.8) is 0 Å². The van der Waals surface area contributed by atoms with Crippen LogP contribution >= 0.6 is 0 Å². The monoisotopic (exact) mass is 198 g/mol. The summed E-state index contributed by atoms with van der Waals surface area (Å²) in [6.45, 7) is -9.45. The van der Waals surface area contributed by atoms with Gasteiger partial charge < -0.3 is 15.0 Å². The highest BCUT2D eigenvalue weighted by Gasteiger charge is 2.15.